The van der Waals surface area contributed by atoms with Crippen molar-refractivity contribution in [3.63, 3.8) is 0 Å². The third-order valence-corrected chi connectivity index (χ3v) is 5.74. The number of carbonyl (C=O) groups excluding carboxylic acids is 1. The van der Waals surface area contributed by atoms with Crippen LogP contribution < -0.4 is 5.32 Å². The van der Waals surface area contributed by atoms with E-state index in [1.165, 1.54) is 50.5 Å². The Labute approximate surface area is 146 Å². The van der Waals surface area contributed by atoms with Gasteiger partial charge in [-0.25, -0.2) is 0 Å². The minimum absolute atomic E-state index is 0.286. The van der Waals surface area contributed by atoms with Crippen LogP contribution >= 0.6 is 0 Å². The van der Waals surface area contributed by atoms with Gasteiger partial charge < -0.3 is 5.32 Å². The quantitative estimate of drug-likeness (QED) is 0.856. The summed E-state index contributed by atoms with van der Waals surface area (Å²) in [5.41, 5.74) is 1.40. The Hall–Kier alpha value is -1.35. The molecule has 1 aliphatic carbocycles. The zero-order valence-electron chi connectivity index (χ0n) is 14.9. The SMILES string of the molecule is O=C(CC1CCCCC1)NCC1CCN(Cc2ccccc2)CC1. The van der Waals surface area contributed by atoms with Crippen LogP contribution in [0.25, 0.3) is 0 Å². The van der Waals surface area contributed by atoms with E-state index >= 15 is 0 Å². The highest BCUT2D eigenvalue weighted by Crippen LogP contribution is 2.26. The Morgan fingerprint density at radius 3 is 2.38 bits per heavy atom. The van der Waals surface area contributed by atoms with Crippen molar-refractivity contribution < 1.29 is 4.79 Å². The average Bonchev–Trinajstić information content (AvgIpc) is 2.63. The van der Waals surface area contributed by atoms with Crippen LogP contribution in [-0.4, -0.2) is 30.4 Å². The number of piperidine rings is 1. The summed E-state index contributed by atoms with van der Waals surface area (Å²) >= 11 is 0. The van der Waals surface area contributed by atoms with Crippen molar-refractivity contribution >= 4 is 5.91 Å². The molecule has 3 nitrogen and oxygen atoms in total. The predicted molar refractivity (Wildman–Crippen MR) is 98.6 cm³/mol. The summed E-state index contributed by atoms with van der Waals surface area (Å²) in [5, 5.41) is 3.21. The molecule has 1 amide bonds. The van der Waals surface area contributed by atoms with Gasteiger partial charge in [-0.3, -0.25) is 9.69 Å². The molecule has 1 saturated heterocycles. The van der Waals surface area contributed by atoms with E-state index in [0.717, 1.165) is 32.6 Å². The van der Waals surface area contributed by atoms with Crippen LogP contribution in [0.1, 0.15) is 56.9 Å². The number of benzene rings is 1. The second-order valence-electron chi connectivity index (χ2n) is 7.72. The highest BCUT2D eigenvalue weighted by Gasteiger charge is 2.21. The maximum atomic E-state index is 12.1. The molecule has 1 aromatic rings. The molecule has 0 atom stereocenters. The molecule has 1 heterocycles. The van der Waals surface area contributed by atoms with Crippen LogP contribution in [0.5, 0.6) is 0 Å². The molecule has 1 aliphatic heterocycles. The average molecular weight is 329 g/mol. The zero-order chi connectivity index (χ0) is 16.6. The number of rotatable bonds is 6. The molecule has 0 radical (unpaired) electrons. The Morgan fingerprint density at radius 1 is 0.958 bits per heavy atom. The van der Waals surface area contributed by atoms with Crippen LogP contribution in [0.4, 0.5) is 0 Å². The van der Waals surface area contributed by atoms with Gasteiger partial charge in [0.05, 0.1) is 0 Å². The Kier molecular flexibility index (Phi) is 6.71. The first-order valence-electron chi connectivity index (χ1n) is 9.82. The molecular weight excluding hydrogens is 296 g/mol. The van der Waals surface area contributed by atoms with Gasteiger partial charge in [-0.1, -0.05) is 49.6 Å². The summed E-state index contributed by atoms with van der Waals surface area (Å²) in [6, 6.07) is 10.7. The molecule has 1 aromatic carbocycles. The summed E-state index contributed by atoms with van der Waals surface area (Å²) in [4.78, 5) is 14.7. The topological polar surface area (TPSA) is 32.3 Å². The third-order valence-electron chi connectivity index (χ3n) is 5.74. The molecule has 0 aromatic heterocycles. The van der Waals surface area contributed by atoms with Crippen molar-refractivity contribution in [3.8, 4) is 0 Å². The summed E-state index contributed by atoms with van der Waals surface area (Å²) in [6.45, 7) is 4.24. The van der Waals surface area contributed by atoms with E-state index in [9.17, 15) is 4.79 Å². The summed E-state index contributed by atoms with van der Waals surface area (Å²) in [6.07, 6.45) is 9.67. The first-order chi connectivity index (χ1) is 11.8. The lowest BCUT2D eigenvalue weighted by atomic mass is 9.87. The van der Waals surface area contributed by atoms with Gasteiger partial charge in [0, 0.05) is 19.5 Å². The van der Waals surface area contributed by atoms with Crippen molar-refractivity contribution in [2.75, 3.05) is 19.6 Å². The van der Waals surface area contributed by atoms with E-state index in [0.29, 0.717) is 11.8 Å². The van der Waals surface area contributed by atoms with Crippen LogP contribution in [0.3, 0.4) is 0 Å². The van der Waals surface area contributed by atoms with Crippen LogP contribution in [0, 0.1) is 11.8 Å². The van der Waals surface area contributed by atoms with Crippen LogP contribution in [0.15, 0.2) is 30.3 Å². The van der Waals surface area contributed by atoms with Gasteiger partial charge in [-0.05, 0) is 56.2 Å². The number of likely N-dealkylation sites (tertiary alicyclic amines) is 1. The molecule has 1 saturated carbocycles. The van der Waals surface area contributed by atoms with E-state index in [4.69, 9.17) is 0 Å². The number of hydrogen-bond acceptors (Lipinski definition) is 2. The van der Waals surface area contributed by atoms with Crippen molar-refractivity contribution in [2.24, 2.45) is 11.8 Å². The molecule has 3 heteroatoms. The lowest BCUT2D eigenvalue weighted by Crippen LogP contribution is -2.38. The standard InChI is InChI=1S/C21H32N2O/c24-21(15-18-7-3-1-4-8-18)22-16-19-11-13-23(14-12-19)17-20-9-5-2-6-10-20/h2,5-6,9-10,18-19H,1,3-4,7-8,11-17H2,(H,22,24). The maximum Gasteiger partial charge on any atom is 0.220 e. The fourth-order valence-electron chi connectivity index (χ4n) is 4.17. The molecule has 0 bridgehead atoms. The molecule has 2 fully saturated rings. The highest BCUT2D eigenvalue weighted by molar-refractivity contribution is 5.76. The third kappa shape index (κ3) is 5.62. The van der Waals surface area contributed by atoms with Crippen LogP contribution in [0.2, 0.25) is 0 Å². The molecule has 3 rings (SSSR count). The molecule has 1 N–H and O–H groups in total. The Bertz CT molecular complexity index is 488. The monoisotopic (exact) mass is 328 g/mol. The molecular formula is C21H32N2O. The molecule has 2 aliphatic rings. The van der Waals surface area contributed by atoms with Gasteiger partial charge in [0.1, 0.15) is 0 Å². The van der Waals surface area contributed by atoms with Gasteiger partial charge in [-0.15, -0.1) is 0 Å². The Balaban J connectivity index is 1.31. The van der Waals surface area contributed by atoms with E-state index in [1.54, 1.807) is 0 Å². The second-order valence-corrected chi connectivity index (χ2v) is 7.72. The summed E-state index contributed by atoms with van der Waals surface area (Å²) < 4.78 is 0. The van der Waals surface area contributed by atoms with Crippen molar-refractivity contribution in [3.05, 3.63) is 35.9 Å². The largest absolute Gasteiger partial charge is 0.356 e. The van der Waals surface area contributed by atoms with Gasteiger partial charge in [-0.2, -0.15) is 0 Å². The van der Waals surface area contributed by atoms with E-state index < -0.39 is 0 Å². The van der Waals surface area contributed by atoms with Gasteiger partial charge >= 0.3 is 0 Å². The first kappa shape index (κ1) is 17.5. The van der Waals surface area contributed by atoms with E-state index in [1.807, 2.05) is 0 Å². The molecule has 0 spiro atoms. The van der Waals surface area contributed by atoms with E-state index in [-0.39, 0.29) is 5.91 Å². The fraction of sp³-hybridized carbons (Fsp3) is 0.667. The maximum absolute atomic E-state index is 12.1. The number of nitrogens with one attached hydrogen (secondary N) is 1. The molecule has 132 valence electrons. The lowest BCUT2D eigenvalue weighted by Gasteiger charge is -2.32. The lowest BCUT2D eigenvalue weighted by molar-refractivity contribution is -0.122. The van der Waals surface area contributed by atoms with Gasteiger partial charge in [0.15, 0.2) is 0 Å². The predicted octanol–water partition coefficient (Wildman–Crippen LogP) is 3.99. The molecule has 24 heavy (non-hydrogen) atoms. The first-order valence-corrected chi connectivity index (χ1v) is 9.82. The number of amides is 1. The Morgan fingerprint density at radius 2 is 1.67 bits per heavy atom. The summed E-state index contributed by atoms with van der Waals surface area (Å²) in [5.74, 6) is 1.59. The minimum atomic E-state index is 0.286. The number of nitrogens with zero attached hydrogens (tertiary/aromatic N) is 1. The second kappa shape index (κ2) is 9.22. The number of hydrogen-bond donors (Lipinski definition) is 1. The van der Waals surface area contributed by atoms with E-state index in [2.05, 4.69) is 40.5 Å². The van der Waals surface area contributed by atoms with Crippen molar-refractivity contribution in [1.29, 1.82) is 0 Å². The minimum Gasteiger partial charge on any atom is -0.356 e. The fourth-order valence-corrected chi connectivity index (χ4v) is 4.17. The smallest absolute Gasteiger partial charge is 0.220 e. The van der Waals surface area contributed by atoms with Gasteiger partial charge in [0.25, 0.3) is 0 Å². The summed E-state index contributed by atoms with van der Waals surface area (Å²) in [7, 11) is 0. The number of carbonyl (C=O) groups is 1. The zero-order valence-corrected chi connectivity index (χ0v) is 14.9. The normalized spacial score (nSPS) is 20.8. The van der Waals surface area contributed by atoms with Crippen molar-refractivity contribution in [2.45, 2.75) is 57.9 Å². The highest BCUT2D eigenvalue weighted by atomic mass is 16.1. The van der Waals surface area contributed by atoms with Crippen molar-refractivity contribution in [1.82, 2.24) is 10.2 Å². The van der Waals surface area contributed by atoms with Gasteiger partial charge in [0.2, 0.25) is 5.91 Å². The van der Waals surface area contributed by atoms with Crippen LogP contribution in [-0.2, 0) is 11.3 Å². The molecule has 0 unspecified atom stereocenters.